The van der Waals surface area contributed by atoms with E-state index in [-0.39, 0.29) is 30.4 Å². The lowest BCUT2D eigenvalue weighted by molar-refractivity contribution is -0.139. The number of piperazine rings is 1. The predicted octanol–water partition coefficient (Wildman–Crippen LogP) is 5.43. The Morgan fingerprint density at radius 3 is 2.45 bits per heavy atom. The average Bonchev–Trinajstić information content (AvgIpc) is 2.71. The molecule has 1 heterocycles. The van der Waals surface area contributed by atoms with Crippen LogP contribution in [0.4, 0.5) is 4.39 Å². The number of rotatable bonds is 6. The smallest absolute Gasteiger partial charge is 0.260 e. The minimum Gasteiger partial charge on any atom is -0.481 e. The monoisotopic (exact) mass is 618 g/mol. The molecule has 2 unspecified atom stereocenters. The molecule has 0 spiro atoms. The lowest BCUT2D eigenvalue weighted by atomic mass is 10.1. The van der Waals surface area contributed by atoms with E-state index in [4.69, 9.17) is 4.74 Å². The van der Waals surface area contributed by atoms with E-state index >= 15 is 0 Å². The third-order valence-electron chi connectivity index (χ3n) is 5.36. The summed E-state index contributed by atoms with van der Waals surface area (Å²) >= 11 is 10.1. The first-order chi connectivity index (χ1) is 14.7. The van der Waals surface area contributed by atoms with Crippen LogP contribution < -0.4 is 4.74 Å². The fraction of sp³-hybridized carbons (Fsp3) is 0.364. The van der Waals surface area contributed by atoms with Crippen molar-refractivity contribution in [2.45, 2.75) is 32.5 Å². The maximum Gasteiger partial charge on any atom is 0.260 e. The van der Waals surface area contributed by atoms with Gasteiger partial charge in [-0.1, -0.05) is 12.1 Å². The van der Waals surface area contributed by atoms with Crippen LogP contribution in [-0.2, 0) is 11.3 Å². The van der Waals surface area contributed by atoms with Gasteiger partial charge in [0.25, 0.3) is 5.91 Å². The van der Waals surface area contributed by atoms with Crippen LogP contribution in [0.1, 0.15) is 29.8 Å². The second-order valence-electron chi connectivity index (χ2n) is 7.60. The fourth-order valence-corrected chi connectivity index (χ4v) is 6.17. The van der Waals surface area contributed by atoms with E-state index in [0.29, 0.717) is 44.4 Å². The molecular weight excluding hydrogens is 599 g/mol. The van der Waals surface area contributed by atoms with Crippen molar-refractivity contribution >= 4 is 60.0 Å². The summed E-state index contributed by atoms with van der Waals surface area (Å²) in [7, 11) is 0. The number of nitrogens with zero attached hydrogens (tertiary/aromatic N) is 2. The number of carbonyl (C=O) groups excluding carboxylic acids is 2. The quantitative estimate of drug-likeness (QED) is 0.405. The maximum atomic E-state index is 13.2. The first kappa shape index (κ1) is 24.4. The summed E-state index contributed by atoms with van der Waals surface area (Å²) in [5, 5.41) is 0. The van der Waals surface area contributed by atoms with Crippen molar-refractivity contribution in [1.82, 2.24) is 9.80 Å². The topological polar surface area (TPSA) is 49.9 Å². The van der Waals surface area contributed by atoms with E-state index in [1.165, 1.54) is 12.1 Å². The highest BCUT2D eigenvalue weighted by Gasteiger charge is 2.32. The lowest BCUT2D eigenvalue weighted by Crippen LogP contribution is -2.58. The van der Waals surface area contributed by atoms with Gasteiger partial charge in [-0.3, -0.25) is 14.5 Å². The molecule has 1 fully saturated rings. The Labute approximate surface area is 206 Å². The predicted molar refractivity (Wildman–Crippen MR) is 128 cm³/mol. The standard InChI is InChI=1S/C22H22Br3FN2O3/c1-13-9-28(14(2)8-27(13)10-15-3-5-16(26)6-4-15)20(30)12-31-22-19(24)7-18(23)17(11-29)21(22)25/h3-7,11,13-14H,8-10,12H2,1-2H3. The molecule has 2 aromatic carbocycles. The number of aldehydes is 1. The van der Waals surface area contributed by atoms with Crippen LogP contribution in [0.25, 0.3) is 0 Å². The van der Waals surface area contributed by atoms with Gasteiger partial charge in [-0.15, -0.1) is 0 Å². The normalized spacial score (nSPS) is 19.4. The van der Waals surface area contributed by atoms with Crippen LogP contribution in [0.2, 0.25) is 0 Å². The van der Waals surface area contributed by atoms with Gasteiger partial charge < -0.3 is 9.64 Å². The van der Waals surface area contributed by atoms with Crippen molar-refractivity contribution in [3.63, 3.8) is 0 Å². The first-order valence-electron chi connectivity index (χ1n) is 9.74. The number of amides is 1. The van der Waals surface area contributed by atoms with Crippen LogP contribution in [0, 0.1) is 5.82 Å². The zero-order valence-corrected chi connectivity index (χ0v) is 21.8. The molecular formula is C22H22Br3FN2O3. The van der Waals surface area contributed by atoms with Crippen LogP contribution in [0.15, 0.2) is 43.7 Å². The van der Waals surface area contributed by atoms with Crippen molar-refractivity contribution < 1.29 is 18.7 Å². The summed E-state index contributed by atoms with van der Waals surface area (Å²) in [6.45, 7) is 5.95. The molecule has 0 aromatic heterocycles. The number of halogens is 4. The summed E-state index contributed by atoms with van der Waals surface area (Å²) in [5.74, 6) is 0.0503. The number of hydrogen-bond donors (Lipinski definition) is 0. The molecule has 31 heavy (non-hydrogen) atoms. The number of ether oxygens (including phenoxy) is 1. The molecule has 2 aromatic rings. The van der Waals surface area contributed by atoms with Gasteiger partial charge in [0, 0.05) is 41.8 Å². The van der Waals surface area contributed by atoms with E-state index in [1.807, 2.05) is 11.8 Å². The Bertz CT molecular complexity index is 971. The third kappa shape index (κ3) is 5.74. The molecule has 0 aliphatic carbocycles. The summed E-state index contributed by atoms with van der Waals surface area (Å²) in [5.41, 5.74) is 1.46. The van der Waals surface area contributed by atoms with E-state index < -0.39 is 0 Å². The Morgan fingerprint density at radius 2 is 1.81 bits per heavy atom. The van der Waals surface area contributed by atoms with Crippen LogP contribution in [0.5, 0.6) is 5.75 Å². The van der Waals surface area contributed by atoms with Crippen molar-refractivity contribution in [2.24, 2.45) is 0 Å². The summed E-state index contributed by atoms with van der Waals surface area (Å²) in [4.78, 5) is 28.3. The van der Waals surface area contributed by atoms with Crippen molar-refractivity contribution in [3.8, 4) is 5.75 Å². The van der Waals surface area contributed by atoms with Gasteiger partial charge in [0.05, 0.1) is 8.95 Å². The van der Waals surface area contributed by atoms with Gasteiger partial charge in [0.15, 0.2) is 12.9 Å². The molecule has 9 heteroatoms. The maximum absolute atomic E-state index is 13.2. The summed E-state index contributed by atoms with van der Waals surface area (Å²) < 4.78 is 20.7. The van der Waals surface area contributed by atoms with E-state index in [2.05, 4.69) is 59.6 Å². The molecule has 0 saturated carbocycles. The number of benzene rings is 2. The second-order valence-corrected chi connectivity index (χ2v) is 10.1. The van der Waals surface area contributed by atoms with Gasteiger partial charge in [0.2, 0.25) is 0 Å². The summed E-state index contributed by atoms with van der Waals surface area (Å²) in [6, 6.07) is 8.39. The van der Waals surface area contributed by atoms with E-state index in [9.17, 15) is 14.0 Å². The SMILES string of the molecule is CC1CN(C(=O)COc2c(Br)cc(Br)c(C=O)c2Br)C(C)CN1Cc1ccc(F)cc1. The van der Waals surface area contributed by atoms with Crippen molar-refractivity contribution in [2.75, 3.05) is 19.7 Å². The van der Waals surface area contributed by atoms with Gasteiger partial charge >= 0.3 is 0 Å². The van der Waals surface area contributed by atoms with Crippen molar-refractivity contribution in [3.05, 3.63) is 60.7 Å². The molecule has 166 valence electrons. The minimum absolute atomic E-state index is 0.00934. The van der Waals surface area contributed by atoms with Crippen molar-refractivity contribution in [1.29, 1.82) is 0 Å². The highest BCUT2D eigenvalue weighted by atomic mass is 79.9. The number of carbonyl (C=O) groups is 2. The Balaban J connectivity index is 1.63. The van der Waals surface area contributed by atoms with E-state index in [0.717, 1.165) is 11.8 Å². The highest BCUT2D eigenvalue weighted by Crippen LogP contribution is 2.39. The van der Waals surface area contributed by atoms with Gasteiger partial charge in [-0.05, 0) is 85.4 Å². The molecule has 1 aliphatic heterocycles. The van der Waals surface area contributed by atoms with Gasteiger partial charge in [-0.25, -0.2) is 4.39 Å². The number of hydrogen-bond acceptors (Lipinski definition) is 4. The molecule has 5 nitrogen and oxygen atoms in total. The van der Waals surface area contributed by atoms with E-state index in [1.54, 1.807) is 18.2 Å². The Morgan fingerprint density at radius 1 is 1.13 bits per heavy atom. The fourth-order valence-electron chi connectivity index (χ4n) is 3.63. The van der Waals surface area contributed by atoms with Crippen LogP contribution >= 0.6 is 47.8 Å². The molecule has 3 rings (SSSR count). The zero-order chi connectivity index (χ0) is 22.7. The molecule has 0 radical (unpaired) electrons. The van der Waals surface area contributed by atoms with Gasteiger partial charge in [0.1, 0.15) is 11.6 Å². The average molecular weight is 621 g/mol. The highest BCUT2D eigenvalue weighted by molar-refractivity contribution is 9.11. The molecule has 2 atom stereocenters. The molecule has 1 amide bonds. The first-order valence-corrected chi connectivity index (χ1v) is 12.1. The van der Waals surface area contributed by atoms with Gasteiger partial charge in [-0.2, -0.15) is 0 Å². The third-order valence-corrected chi connectivity index (χ3v) is 7.39. The molecule has 0 bridgehead atoms. The summed E-state index contributed by atoms with van der Waals surface area (Å²) in [6.07, 6.45) is 0.722. The largest absolute Gasteiger partial charge is 0.481 e. The van der Waals surface area contributed by atoms with Crippen LogP contribution in [0.3, 0.4) is 0 Å². The lowest BCUT2D eigenvalue weighted by Gasteiger charge is -2.44. The second kappa shape index (κ2) is 10.6. The van der Waals surface area contributed by atoms with Crippen LogP contribution in [-0.4, -0.2) is 53.8 Å². The minimum atomic E-state index is -0.245. The Kier molecular flexibility index (Phi) is 8.29. The molecule has 1 saturated heterocycles. The Hall–Kier alpha value is -1.29. The molecule has 1 aliphatic rings. The molecule has 0 N–H and O–H groups in total. The zero-order valence-electron chi connectivity index (χ0n) is 17.1.